The summed E-state index contributed by atoms with van der Waals surface area (Å²) in [5.74, 6) is 1.73. The van der Waals surface area contributed by atoms with Crippen LogP contribution in [0.25, 0.3) is 0 Å². The van der Waals surface area contributed by atoms with Gasteiger partial charge in [-0.1, -0.05) is 0 Å². The first-order valence-corrected chi connectivity index (χ1v) is 5.08. The minimum atomic E-state index is -0.454. The van der Waals surface area contributed by atoms with E-state index in [4.69, 9.17) is 19.5 Å². The van der Waals surface area contributed by atoms with Gasteiger partial charge >= 0.3 is 0 Å². The summed E-state index contributed by atoms with van der Waals surface area (Å²) < 4.78 is 15.6. The zero-order chi connectivity index (χ0) is 12.8. The van der Waals surface area contributed by atoms with Crippen molar-refractivity contribution >= 4 is 0 Å². The molecule has 1 rings (SSSR count). The number of nitrogens with one attached hydrogen (secondary N) is 1. The Bertz CT molecular complexity index is 426. The maximum absolute atomic E-state index is 9.05. The molecule has 17 heavy (non-hydrogen) atoms. The summed E-state index contributed by atoms with van der Waals surface area (Å²) in [6.07, 6.45) is 0. The van der Waals surface area contributed by atoms with E-state index in [2.05, 4.69) is 11.4 Å². The van der Waals surface area contributed by atoms with Crippen LogP contribution in [0.3, 0.4) is 0 Å². The Kier molecular flexibility index (Phi) is 4.61. The molecule has 1 unspecified atom stereocenters. The molecule has 1 aromatic carbocycles. The highest BCUT2D eigenvalue weighted by atomic mass is 16.5. The fraction of sp³-hybridized carbons (Fsp3) is 0.417. The van der Waals surface area contributed by atoms with Gasteiger partial charge in [0.25, 0.3) is 0 Å². The maximum Gasteiger partial charge on any atom is 0.164 e. The standard InChI is InChI=1S/C12H16N2O3/c1-14-9(7-13)8-5-11(16-3)12(17-4)6-10(8)15-2/h5-6,9,14H,1-4H3. The Morgan fingerprint density at radius 1 is 1.06 bits per heavy atom. The number of nitrogens with zero attached hydrogens (tertiary/aromatic N) is 1. The fourth-order valence-electron chi connectivity index (χ4n) is 1.57. The molecule has 0 saturated heterocycles. The van der Waals surface area contributed by atoms with Gasteiger partial charge in [0.05, 0.1) is 27.4 Å². The highest BCUT2D eigenvalue weighted by Gasteiger charge is 2.18. The van der Waals surface area contributed by atoms with E-state index in [0.29, 0.717) is 17.2 Å². The van der Waals surface area contributed by atoms with Crippen LogP contribution in [0.5, 0.6) is 17.2 Å². The van der Waals surface area contributed by atoms with Crippen LogP contribution in [0.1, 0.15) is 11.6 Å². The van der Waals surface area contributed by atoms with Gasteiger partial charge in [-0.3, -0.25) is 0 Å². The van der Waals surface area contributed by atoms with Crippen molar-refractivity contribution in [3.05, 3.63) is 17.7 Å². The van der Waals surface area contributed by atoms with Crippen molar-refractivity contribution in [1.82, 2.24) is 5.32 Å². The molecule has 0 aromatic heterocycles. The van der Waals surface area contributed by atoms with Crippen LogP contribution in [0.4, 0.5) is 0 Å². The third kappa shape index (κ3) is 2.60. The highest BCUT2D eigenvalue weighted by molar-refractivity contribution is 5.52. The number of methoxy groups -OCH3 is 3. The van der Waals surface area contributed by atoms with E-state index in [1.807, 2.05) is 0 Å². The second-order valence-corrected chi connectivity index (χ2v) is 3.30. The molecule has 92 valence electrons. The molecule has 1 atom stereocenters. The lowest BCUT2D eigenvalue weighted by Gasteiger charge is -2.16. The van der Waals surface area contributed by atoms with Crippen molar-refractivity contribution < 1.29 is 14.2 Å². The lowest BCUT2D eigenvalue weighted by molar-refractivity contribution is 0.346. The Morgan fingerprint density at radius 3 is 2.00 bits per heavy atom. The molecule has 0 fully saturated rings. The average Bonchev–Trinajstić information content (AvgIpc) is 2.39. The molecule has 0 amide bonds. The van der Waals surface area contributed by atoms with Gasteiger partial charge < -0.3 is 19.5 Å². The molecule has 0 bridgehead atoms. The SMILES string of the molecule is CNC(C#N)c1cc(OC)c(OC)cc1OC. The van der Waals surface area contributed by atoms with E-state index in [9.17, 15) is 0 Å². The van der Waals surface area contributed by atoms with E-state index in [1.54, 1.807) is 40.5 Å². The molecule has 5 heteroatoms. The fourth-order valence-corrected chi connectivity index (χ4v) is 1.57. The Balaban J connectivity index is 3.33. The van der Waals surface area contributed by atoms with Crippen LogP contribution < -0.4 is 19.5 Å². The molecule has 5 nitrogen and oxygen atoms in total. The molecule has 0 saturated carbocycles. The zero-order valence-electron chi connectivity index (χ0n) is 10.4. The van der Waals surface area contributed by atoms with Crippen LogP contribution in [0, 0.1) is 11.3 Å². The number of benzene rings is 1. The minimum Gasteiger partial charge on any atom is -0.496 e. The number of nitriles is 1. The van der Waals surface area contributed by atoms with Crippen LogP contribution >= 0.6 is 0 Å². The molecule has 0 heterocycles. The summed E-state index contributed by atoms with van der Waals surface area (Å²) in [5, 5.41) is 11.9. The topological polar surface area (TPSA) is 63.5 Å². The molecular formula is C12H16N2O3. The lowest BCUT2D eigenvalue weighted by Crippen LogP contribution is -2.15. The van der Waals surface area contributed by atoms with Crippen molar-refractivity contribution in [3.8, 4) is 23.3 Å². The summed E-state index contributed by atoms with van der Waals surface area (Å²) in [5.41, 5.74) is 0.718. The van der Waals surface area contributed by atoms with Gasteiger partial charge in [-0.25, -0.2) is 0 Å². The van der Waals surface area contributed by atoms with E-state index >= 15 is 0 Å². The third-order valence-corrected chi connectivity index (χ3v) is 2.46. The summed E-state index contributed by atoms with van der Waals surface area (Å²) in [6, 6.07) is 5.13. The first kappa shape index (κ1) is 13.1. The molecule has 0 aliphatic heterocycles. The molecule has 1 N–H and O–H groups in total. The number of hydrogen-bond acceptors (Lipinski definition) is 5. The first-order valence-electron chi connectivity index (χ1n) is 5.08. The van der Waals surface area contributed by atoms with E-state index in [1.165, 1.54) is 0 Å². The van der Waals surface area contributed by atoms with Gasteiger partial charge in [0.1, 0.15) is 11.8 Å². The van der Waals surface area contributed by atoms with Crippen LogP contribution in [-0.4, -0.2) is 28.4 Å². The maximum atomic E-state index is 9.05. The molecule has 0 aliphatic rings. The van der Waals surface area contributed by atoms with Crippen molar-refractivity contribution in [2.75, 3.05) is 28.4 Å². The summed E-state index contributed by atoms with van der Waals surface area (Å²) in [7, 11) is 6.37. The predicted molar refractivity (Wildman–Crippen MR) is 63.5 cm³/mol. The largest absolute Gasteiger partial charge is 0.496 e. The monoisotopic (exact) mass is 236 g/mol. The minimum absolute atomic E-state index is 0.454. The molecular weight excluding hydrogens is 220 g/mol. The quantitative estimate of drug-likeness (QED) is 0.839. The summed E-state index contributed by atoms with van der Waals surface area (Å²) >= 11 is 0. The van der Waals surface area contributed by atoms with Crippen molar-refractivity contribution in [2.45, 2.75) is 6.04 Å². The van der Waals surface area contributed by atoms with E-state index < -0.39 is 6.04 Å². The van der Waals surface area contributed by atoms with Crippen LogP contribution in [0.15, 0.2) is 12.1 Å². The molecule has 0 aliphatic carbocycles. The van der Waals surface area contributed by atoms with Gasteiger partial charge in [-0.2, -0.15) is 5.26 Å². The average molecular weight is 236 g/mol. The van der Waals surface area contributed by atoms with E-state index in [0.717, 1.165) is 5.56 Å². The number of rotatable bonds is 5. The zero-order valence-corrected chi connectivity index (χ0v) is 10.4. The first-order chi connectivity index (χ1) is 8.21. The van der Waals surface area contributed by atoms with E-state index in [-0.39, 0.29) is 0 Å². The number of ether oxygens (including phenoxy) is 3. The van der Waals surface area contributed by atoms with Gasteiger partial charge in [0.15, 0.2) is 11.5 Å². The van der Waals surface area contributed by atoms with Crippen molar-refractivity contribution in [1.29, 1.82) is 5.26 Å². The van der Waals surface area contributed by atoms with Gasteiger partial charge in [0, 0.05) is 11.6 Å². The predicted octanol–water partition coefficient (Wildman–Crippen LogP) is 1.50. The normalized spacial score (nSPS) is 11.5. The van der Waals surface area contributed by atoms with Crippen molar-refractivity contribution in [3.63, 3.8) is 0 Å². The van der Waals surface area contributed by atoms with Gasteiger partial charge in [-0.05, 0) is 13.1 Å². The summed E-state index contributed by atoms with van der Waals surface area (Å²) in [4.78, 5) is 0. The highest BCUT2D eigenvalue weighted by Crippen LogP contribution is 2.37. The number of hydrogen-bond donors (Lipinski definition) is 1. The Morgan fingerprint density at radius 2 is 1.59 bits per heavy atom. The molecule has 1 aromatic rings. The lowest BCUT2D eigenvalue weighted by atomic mass is 10.1. The summed E-state index contributed by atoms with van der Waals surface area (Å²) in [6.45, 7) is 0. The smallest absolute Gasteiger partial charge is 0.164 e. The Hall–Kier alpha value is -1.93. The van der Waals surface area contributed by atoms with Gasteiger partial charge in [-0.15, -0.1) is 0 Å². The molecule has 0 spiro atoms. The Labute approximate surface area is 101 Å². The third-order valence-electron chi connectivity index (χ3n) is 2.46. The molecule has 0 radical (unpaired) electrons. The van der Waals surface area contributed by atoms with Crippen LogP contribution in [0.2, 0.25) is 0 Å². The van der Waals surface area contributed by atoms with Gasteiger partial charge in [0.2, 0.25) is 0 Å². The second-order valence-electron chi connectivity index (χ2n) is 3.30. The van der Waals surface area contributed by atoms with Crippen LogP contribution in [-0.2, 0) is 0 Å². The second kappa shape index (κ2) is 5.97. The van der Waals surface area contributed by atoms with Crippen molar-refractivity contribution in [2.24, 2.45) is 0 Å².